The minimum Gasteiger partial charge on any atom is -0.404 e. The zero-order valence-electron chi connectivity index (χ0n) is 15.9. The van der Waals surface area contributed by atoms with E-state index in [1.807, 2.05) is 24.3 Å². The van der Waals surface area contributed by atoms with Crippen molar-refractivity contribution in [1.82, 2.24) is 0 Å². The summed E-state index contributed by atoms with van der Waals surface area (Å²) < 4.78 is 13.2. The Hall–Kier alpha value is -2.98. The van der Waals surface area contributed by atoms with Crippen LogP contribution in [0.15, 0.2) is 95.7 Å². The second-order valence-electron chi connectivity index (χ2n) is 7.07. The molecule has 4 N–H and O–H groups in total. The van der Waals surface area contributed by atoms with Gasteiger partial charge in [-0.25, -0.2) is 9.38 Å². The molecule has 1 unspecified atom stereocenters. The van der Waals surface area contributed by atoms with E-state index in [2.05, 4.69) is 24.8 Å². The molecule has 4 heteroatoms. The molecular weight excluding hydrogens is 349 g/mol. The van der Waals surface area contributed by atoms with Crippen molar-refractivity contribution in [3.63, 3.8) is 0 Å². The van der Waals surface area contributed by atoms with Gasteiger partial charge in [-0.1, -0.05) is 42.0 Å². The van der Waals surface area contributed by atoms with Gasteiger partial charge in [0, 0.05) is 5.41 Å². The molecule has 0 saturated carbocycles. The lowest BCUT2D eigenvalue weighted by atomic mass is 9.66. The molecular formula is C24H26FN3. The van der Waals surface area contributed by atoms with Crippen molar-refractivity contribution >= 4 is 11.4 Å². The standard InChI is InChI=1S/C24H26FN3/c1-2-24(15-18-6-4-3-5-7-18)16-19(17-27)23(14-20(24)12-13-26)28-22-10-8-21(25)9-11-22/h2-11,14,17H,1,12-13,15-16,26-27H2. The third-order valence-electron chi connectivity index (χ3n) is 5.23. The lowest BCUT2D eigenvalue weighted by Gasteiger charge is -2.38. The molecule has 0 bridgehead atoms. The van der Waals surface area contributed by atoms with Gasteiger partial charge in [-0.3, -0.25) is 0 Å². The van der Waals surface area contributed by atoms with Crippen molar-refractivity contribution in [2.75, 3.05) is 6.54 Å². The van der Waals surface area contributed by atoms with Crippen LogP contribution >= 0.6 is 0 Å². The molecule has 0 spiro atoms. The van der Waals surface area contributed by atoms with Crippen LogP contribution in [0.3, 0.4) is 0 Å². The summed E-state index contributed by atoms with van der Waals surface area (Å²) >= 11 is 0. The highest BCUT2D eigenvalue weighted by atomic mass is 19.1. The highest BCUT2D eigenvalue weighted by Gasteiger charge is 2.36. The van der Waals surface area contributed by atoms with Gasteiger partial charge in [-0.15, -0.1) is 6.58 Å². The maximum atomic E-state index is 13.2. The fourth-order valence-electron chi connectivity index (χ4n) is 3.74. The summed E-state index contributed by atoms with van der Waals surface area (Å²) in [5.74, 6) is -0.282. The van der Waals surface area contributed by atoms with Crippen molar-refractivity contribution in [1.29, 1.82) is 0 Å². The Morgan fingerprint density at radius 3 is 2.43 bits per heavy atom. The number of allylic oxidation sites excluding steroid dienone is 3. The van der Waals surface area contributed by atoms with Crippen LogP contribution in [-0.2, 0) is 6.42 Å². The normalized spacial score (nSPS) is 22.3. The molecule has 0 saturated heterocycles. The van der Waals surface area contributed by atoms with Gasteiger partial charge in [0.2, 0.25) is 0 Å². The van der Waals surface area contributed by atoms with E-state index >= 15 is 0 Å². The fraction of sp³-hybridized carbons (Fsp3) is 0.208. The summed E-state index contributed by atoms with van der Waals surface area (Å²) in [6.07, 6.45) is 7.97. The molecule has 0 fully saturated rings. The molecule has 3 nitrogen and oxygen atoms in total. The van der Waals surface area contributed by atoms with Gasteiger partial charge in [0.15, 0.2) is 0 Å². The molecule has 0 heterocycles. The lowest BCUT2D eigenvalue weighted by Crippen LogP contribution is -2.32. The van der Waals surface area contributed by atoms with Crippen LogP contribution in [0.5, 0.6) is 0 Å². The number of rotatable bonds is 6. The van der Waals surface area contributed by atoms with E-state index in [1.165, 1.54) is 23.3 Å². The molecule has 28 heavy (non-hydrogen) atoms. The van der Waals surface area contributed by atoms with E-state index in [0.717, 1.165) is 24.1 Å². The summed E-state index contributed by atoms with van der Waals surface area (Å²) in [4.78, 5) is 4.70. The van der Waals surface area contributed by atoms with Gasteiger partial charge in [0.05, 0.1) is 11.4 Å². The van der Waals surface area contributed by atoms with Crippen LogP contribution in [0.2, 0.25) is 0 Å². The largest absolute Gasteiger partial charge is 0.404 e. The van der Waals surface area contributed by atoms with E-state index in [9.17, 15) is 4.39 Å². The van der Waals surface area contributed by atoms with E-state index < -0.39 is 0 Å². The molecule has 0 amide bonds. The third kappa shape index (κ3) is 4.29. The van der Waals surface area contributed by atoms with Crippen LogP contribution < -0.4 is 11.5 Å². The number of benzene rings is 2. The quantitative estimate of drug-likeness (QED) is 0.710. The third-order valence-corrected chi connectivity index (χ3v) is 5.23. The summed E-state index contributed by atoms with van der Waals surface area (Å²) in [5, 5.41) is 0. The van der Waals surface area contributed by atoms with Gasteiger partial charge in [-0.2, -0.15) is 0 Å². The van der Waals surface area contributed by atoms with Gasteiger partial charge in [0.1, 0.15) is 5.82 Å². The molecule has 144 valence electrons. The Balaban J connectivity index is 2.05. The number of nitrogens with two attached hydrogens (primary N) is 2. The molecule has 0 aromatic heterocycles. The lowest BCUT2D eigenvalue weighted by molar-refractivity contribution is 0.437. The average molecular weight is 375 g/mol. The maximum absolute atomic E-state index is 13.2. The molecule has 1 atom stereocenters. The number of aliphatic imine (C=N–C) groups is 1. The highest BCUT2D eigenvalue weighted by molar-refractivity contribution is 6.11. The van der Waals surface area contributed by atoms with Crippen LogP contribution in [-0.4, -0.2) is 12.3 Å². The van der Waals surface area contributed by atoms with Crippen LogP contribution in [0.4, 0.5) is 10.1 Å². The number of nitrogens with zero attached hydrogens (tertiary/aromatic N) is 1. The van der Waals surface area contributed by atoms with Gasteiger partial charge < -0.3 is 11.5 Å². The highest BCUT2D eigenvalue weighted by Crippen LogP contribution is 2.44. The summed E-state index contributed by atoms with van der Waals surface area (Å²) in [6, 6.07) is 16.5. The van der Waals surface area contributed by atoms with Crippen molar-refractivity contribution in [3.05, 3.63) is 102 Å². The van der Waals surface area contributed by atoms with Crippen molar-refractivity contribution in [2.24, 2.45) is 21.9 Å². The van der Waals surface area contributed by atoms with Gasteiger partial charge in [-0.05, 0) is 73.5 Å². The minimum atomic E-state index is -0.282. The van der Waals surface area contributed by atoms with E-state index in [0.29, 0.717) is 18.7 Å². The van der Waals surface area contributed by atoms with Crippen LogP contribution in [0, 0.1) is 11.2 Å². The number of hydrogen-bond donors (Lipinski definition) is 2. The second kappa shape index (κ2) is 8.81. The van der Waals surface area contributed by atoms with Gasteiger partial charge in [0.25, 0.3) is 0 Å². The first-order chi connectivity index (χ1) is 13.6. The first-order valence-electron chi connectivity index (χ1n) is 9.44. The monoisotopic (exact) mass is 375 g/mol. The first kappa shape index (κ1) is 19.8. The zero-order valence-corrected chi connectivity index (χ0v) is 15.9. The molecule has 2 aromatic carbocycles. The van der Waals surface area contributed by atoms with Crippen molar-refractivity contribution < 1.29 is 4.39 Å². The number of hydrogen-bond acceptors (Lipinski definition) is 3. The zero-order chi connectivity index (χ0) is 20.0. The van der Waals surface area contributed by atoms with E-state index in [-0.39, 0.29) is 11.2 Å². The Kier molecular flexibility index (Phi) is 6.22. The molecule has 2 aromatic rings. The number of halogens is 1. The Morgan fingerprint density at radius 2 is 1.82 bits per heavy atom. The summed E-state index contributed by atoms with van der Waals surface area (Å²) in [7, 11) is 0. The van der Waals surface area contributed by atoms with Crippen molar-refractivity contribution in [3.8, 4) is 0 Å². The SMILES string of the molecule is C=CC1(Cc2ccccc2)CC(=CN)C(=Nc2ccc(F)cc2)C=C1CCN. The second-order valence-corrected chi connectivity index (χ2v) is 7.07. The minimum absolute atomic E-state index is 0.256. The van der Waals surface area contributed by atoms with E-state index in [4.69, 9.17) is 16.5 Å². The van der Waals surface area contributed by atoms with Crippen molar-refractivity contribution in [2.45, 2.75) is 19.3 Å². The van der Waals surface area contributed by atoms with Crippen LogP contribution in [0.25, 0.3) is 0 Å². The molecule has 1 aliphatic rings. The maximum Gasteiger partial charge on any atom is 0.123 e. The Morgan fingerprint density at radius 1 is 1.11 bits per heavy atom. The summed E-state index contributed by atoms with van der Waals surface area (Å²) in [6.45, 7) is 4.68. The first-order valence-corrected chi connectivity index (χ1v) is 9.44. The Labute approximate surface area is 166 Å². The Bertz CT molecular complexity index is 911. The van der Waals surface area contributed by atoms with Gasteiger partial charge >= 0.3 is 0 Å². The van der Waals surface area contributed by atoms with E-state index in [1.54, 1.807) is 18.3 Å². The summed E-state index contributed by atoms with van der Waals surface area (Å²) in [5.41, 5.74) is 16.5. The molecule has 0 radical (unpaired) electrons. The van der Waals surface area contributed by atoms with Crippen LogP contribution in [0.1, 0.15) is 18.4 Å². The molecule has 3 rings (SSSR count). The molecule has 1 aliphatic carbocycles. The predicted octanol–water partition coefficient (Wildman–Crippen LogP) is 4.83. The predicted molar refractivity (Wildman–Crippen MR) is 115 cm³/mol. The molecule has 0 aliphatic heterocycles. The smallest absolute Gasteiger partial charge is 0.123 e. The topological polar surface area (TPSA) is 64.4 Å². The fourth-order valence-corrected chi connectivity index (χ4v) is 3.74. The average Bonchev–Trinajstić information content (AvgIpc) is 2.72.